The van der Waals surface area contributed by atoms with Crippen LogP contribution in [0.2, 0.25) is 0 Å². The fourth-order valence-electron chi connectivity index (χ4n) is 3.23. The summed E-state index contributed by atoms with van der Waals surface area (Å²) in [5.41, 5.74) is 9.23. The molecule has 1 heterocycles. The molecule has 3 N–H and O–H groups in total. The quantitative estimate of drug-likeness (QED) is 0.404. The Kier molecular flexibility index (Phi) is 6.37. The Labute approximate surface area is 190 Å². The third-order valence-corrected chi connectivity index (χ3v) is 5.97. The highest BCUT2D eigenvalue weighted by Crippen LogP contribution is 2.32. The first-order valence-corrected chi connectivity index (χ1v) is 11.0. The molecule has 2 amide bonds. The first-order chi connectivity index (χ1) is 15.5. The molecule has 0 spiro atoms. The minimum atomic E-state index is -0.506. The van der Waals surface area contributed by atoms with Gasteiger partial charge < -0.3 is 11.1 Å². The van der Waals surface area contributed by atoms with E-state index in [2.05, 4.69) is 14.9 Å². The highest BCUT2D eigenvalue weighted by atomic mass is 32.2. The molecular weight excluding hydrogens is 420 g/mol. The number of thioether (sulfide) groups is 1. The number of nitrogens with one attached hydrogen (secondary N) is 1. The number of rotatable bonds is 7. The molecule has 4 aromatic rings. The van der Waals surface area contributed by atoms with E-state index in [1.807, 2.05) is 73.8 Å². The summed E-state index contributed by atoms with van der Waals surface area (Å²) in [6.45, 7) is 1.84. The summed E-state index contributed by atoms with van der Waals surface area (Å²) in [5, 5.41) is 3.20. The largest absolute Gasteiger partial charge is 0.366 e. The van der Waals surface area contributed by atoms with Gasteiger partial charge in [-0.15, -0.1) is 0 Å². The van der Waals surface area contributed by atoms with E-state index in [9.17, 15) is 9.59 Å². The van der Waals surface area contributed by atoms with Crippen LogP contribution in [0.1, 0.15) is 17.3 Å². The van der Waals surface area contributed by atoms with Crippen molar-refractivity contribution in [1.29, 1.82) is 0 Å². The van der Waals surface area contributed by atoms with Crippen molar-refractivity contribution in [2.75, 3.05) is 5.32 Å². The molecule has 0 aliphatic heterocycles. The van der Waals surface area contributed by atoms with Gasteiger partial charge in [-0.3, -0.25) is 14.2 Å². The number of nitrogens with two attached hydrogens (primary N) is 1. The number of benzene rings is 3. The van der Waals surface area contributed by atoms with Crippen LogP contribution in [0.15, 0.2) is 96.3 Å². The zero-order chi connectivity index (χ0) is 22.5. The van der Waals surface area contributed by atoms with Crippen LogP contribution in [0.25, 0.3) is 16.9 Å². The molecule has 160 valence electrons. The first-order valence-electron chi connectivity index (χ1n) is 10.1. The van der Waals surface area contributed by atoms with Gasteiger partial charge in [0.1, 0.15) is 0 Å². The van der Waals surface area contributed by atoms with Gasteiger partial charge in [0.25, 0.3) is 0 Å². The molecule has 0 aliphatic carbocycles. The van der Waals surface area contributed by atoms with Gasteiger partial charge in [0.15, 0.2) is 5.16 Å². The number of nitrogens with zero attached hydrogens (tertiary/aromatic N) is 2. The molecule has 0 radical (unpaired) electrons. The molecular formula is C25H22N4O2S. The van der Waals surface area contributed by atoms with Crippen LogP contribution < -0.4 is 11.1 Å². The number of aromatic nitrogens is 2. The molecule has 0 bridgehead atoms. The third-order valence-electron chi connectivity index (χ3n) is 4.90. The van der Waals surface area contributed by atoms with Gasteiger partial charge in [0.2, 0.25) is 11.8 Å². The Morgan fingerprint density at radius 3 is 2.19 bits per heavy atom. The van der Waals surface area contributed by atoms with E-state index < -0.39 is 11.2 Å². The standard InChI is InChI=1S/C25H22N4O2S/c1-17(24(31)28-20-14-12-19(13-15-20)23(26)30)32-25-27-16-22(18-8-4-2-5-9-18)29(25)21-10-6-3-7-11-21/h2-17H,1H3,(H2,26,30)(H,28,31)/t17-/m0/s1. The van der Waals surface area contributed by atoms with Crippen molar-refractivity contribution in [3.05, 3.63) is 96.7 Å². The maximum atomic E-state index is 12.8. The molecule has 0 fully saturated rings. The lowest BCUT2D eigenvalue weighted by Gasteiger charge is -2.15. The monoisotopic (exact) mass is 442 g/mol. The fraction of sp³-hybridized carbons (Fsp3) is 0.0800. The normalized spacial score (nSPS) is 11.7. The number of imidazole rings is 1. The minimum Gasteiger partial charge on any atom is -0.366 e. The Hall–Kier alpha value is -3.84. The van der Waals surface area contributed by atoms with Crippen molar-refractivity contribution in [2.45, 2.75) is 17.3 Å². The van der Waals surface area contributed by atoms with E-state index in [0.29, 0.717) is 11.3 Å². The van der Waals surface area contributed by atoms with Gasteiger partial charge in [0.05, 0.1) is 17.1 Å². The summed E-state index contributed by atoms with van der Waals surface area (Å²) in [7, 11) is 0. The molecule has 6 nitrogen and oxygen atoms in total. The lowest BCUT2D eigenvalue weighted by atomic mass is 10.1. The third kappa shape index (κ3) is 4.73. The Balaban J connectivity index is 1.57. The summed E-state index contributed by atoms with van der Waals surface area (Å²) in [5.74, 6) is -0.667. The van der Waals surface area contributed by atoms with Crippen molar-refractivity contribution < 1.29 is 9.59 Å². The SMILES string of the molecule is C[C@H](Sc1ncc(-c2ccccc2)n1-c1ccccc1)C(=O)Nc1ccc(C(N)=O)cc1. The van der Waals surface area contributed by atoms with E-state index in [0.717, 1.165) is 22.1 Å². The fourth-order valence-corrected chi connectivity index (χ4v) is 4.14. The number of amides is 2. The second-order valence-corrected chi connectivity index (χ2v) is 8.46. The van der Waals surface area contributed by atoms with E-state index in [4.69, 9.17) is 5.73 Å². The zero-order valence-corrected chi connectivity index (χ0v) is 18.3. The van der Waals surface area contributed by atoms with Crippen molar-refractivity contribution in [1.82, 2.24) is 9.55 Å². The van der Waals surface area contributed by atoms with Crippen molar-refractivity contribution in [2.24, 2.45) is 5.73 Å². The van der Waals surface area contributed by atoms with Crippen LogP contribution in [0.5, 0.6) is 0 Å². The van der Waals surface area contributed by atoms with Crippen molar-refractivity contribution in [3.63, 3.8) is 0 Å². The minimum absolute atomic E-state index is 0.161. The van der Waals surface area contributed by atoms with Gasteiger partial charge in [-0.05, 0) is 43.3 Å². The lowest BCUT2D eigenvalue weighted by Crippen LogP contribution is -2.23. The van der Waals surface area contributed by atoms with E-state index in [1.54, 1.807) is 24.3 Å². The maximum Gasteiger partial charge on any atom is 0.248 e. The van der Waals surface area contributed by atoms with Crippen molar-refractivity contribution in [3.8, 4) is 16.9 Å². The second-order valence-electron chi connectivity index (χ2n) is 7.15. The Morgan fingerprint density at radius 1 is 0.938 bits per heavy atom. The van der Waals surface area contributed by atoms with Crippen LogP contribution in [0.4, 0.5) is 5.69 Å². The number of hydrogen-bond donors (Lipinski definition) is 2. The first kappa shape index (κ1) is 21.4. The Morgan fingerprint density at radius 2 is 1.56 bits per heavy atom. The molecule has 1 aromatic heterocycles. The average molecular weight is 443 g/mol. The highest BCUT2D eigenvalue weighted by Gasteiger charge is 2.21. The van der Waals surface area contributed by atoms with E-state index in [1.165, 1.54) is 11.8 Å². The van der Waals surface area contributed by atoms with Gasteiger partial charge in [-0.25, -0.2) is 4.98 Å². The van der Waals surface area contributed by atoms with E-state index in [-0.39, 0.29) is 5.91 Å². The smallest absolute Gasteiger partial charge is 0.248 e. The van der Waals surface area contributed by atoms with Gasteiger partial charge >= 0.3 is 0 Å². The number of carbonyl (C=O) groups excluding carboxylic acids is 2. The van der Waals surface area contributed by atoms with Crippen LogP contribution in [-0.2, 0) is 4.79 Å². The van der Waals surface area contributed by atoms with Gasteiger partial charge in [0, 0.05) is 22.5 Å². The average Bonchev–Trinajstić information content (AvgIpc) is 3.24. The summed E-state index contributed by atoms with van der Waals surface area (Å²) in [4.78, 5) is 28.6. The maximum absolute atomic E-state index is 12.8. The van der Waals surface area contributed by atoms with Crippen LogP contribution in [0.3, 0.4) is 0 Å². The molecule has 0 saturated heterocycles. The molecule has 4 rings (SSSR count). The van der Waals surface area contributed by atoms with Crippen molar-refractivity contribution >= 4 is 29.3 Å². The highest BCUT2D eigenvalue weighted by molar-refractivity contribution is 8.00. The summed E-state index contributed by atoms with van der Waals surface area (Å²) in [6, 6.07) is 26.5. The molecule has 3 aromatic carbocycles. The van der Waals surface area contributed by atoms with Crippen LogP contribution in [0, 0.1) is 0 Å². The Bertz CT molecular complexity index is 1220. The number of primary amides is 1. The predicted molar refractivity (Wildman–Crippen MR) is 128 cm³/mol. The number of para-hydroxylation sites is 1. The van der Waals surface area contributed by atoms with Gasteiger partial charge in [-0.1, -0.05) is 60.3 Å². The predicted octanol–water partition coefficient (Wildman–Crippen LogP) is 4.76. The summed E-state index contributed by atoms with van der Waals surface area (Å²) < 4.78 is 2.06. The molecule has 1 atom stereocenters. The van der Waals surface area contributed by atoms with Crippen LogP contribution in [-0.4, -0.2) is 26.6 Å². The molecule has 0 unspecified atom stereocenters. The molecule has 7 heteroatoms. The number of carbonyl (C=O) groups is 2. The molecule has 0 aliphatic rings. The zero-order valence-electron chi connectivity index (χ0n) is 17.4. The summed E-state index contributed by atoms with van der Waals surface area (Å²) >= 11 is 1.38. The topological polar surface area (TPSA) is 90.0 Å². The van der Waals surface area contributed by atoms with E-state index >= 15 is 0 Å². The van der Waals surface area contributed by atoms with Gasteiger partial charge in [-0.2, -0.15) is 0 Å². The summed E-state index contributed by atoms with van der Waals surface area (Å²) in [6.07, 6.45) is 1.83. The second kappa shape index (κ2) is 9.53. The number of anilines is 1. The lowest BCUT2D eigenvalue weighted by molar-refractivity contribution is -0.115. The molecule has 32 heavy (non-hydrogen) atoms. The molecule has 0 saturated carbocycles. The van der Waals surface area contributed by atoms with Crippen LogP contribution >= 0.6 is 11.8 Å². The number of hydrogen-bond acceptors (Lipinski definition) is 4.